The minimum atomic E-state index is 0.319. The van der Waals surface area contributed by atoms with Gasteiger partial charge in [0.25, 0.3) is 0 Å². The molecule has 1 N–H and O–H groups in total. The van der Waals surface area contributed by atoms with Crippen LogP contribution in [0.25, 0.3) is 0 Å². The summed E-state index contributed by atoms with van der Waals surface area (Å²) in [5.74, 6) is 0. The van der Waals surface area contributed by atoms with Crippen molar-refractivity contribution < 1.29 is 0 Å². The molecule has 1 unspecified atom stereocenters. The number of nitrogens with zero attached hydrogens (tertiary/aromatic N) is 2. The van der Waals surface area contributed by atoms with Gasteiger partial charge in [-0.3, -0.25) is 9.97 Å². The van der Waals surface area contributed by atoms with E-state index in [2.05, 4.69) is 15.3 Å². The molecule has 4 heteroatoms. The SMILES string of the molecule is CNC(Cc1ccccn1)Cc1ccncc1Cl. The summed E-state index contributed by atoms with van der Waals surface area (Å²) >= 11 is 6.12. The Kier molecular flexibility index (Phi) is 4.67. The van der Waals surface area contributed by atoms with E-state index in [4.69, 9.17) is 11.6 Å². The van der Waals surface area contributed by atoms with Crippen LogP contribution in [0.2, 0.25) is 5.02 Å². The number of pyridine rings is 2. The van der Waals surface area contributed by atoms with E-state index in [9.17, 15) is 0 Å². The van der Waals surface area contributed by atoms with E-state index < -0.39 is 0 Å². The molecule has 0 saturated heterocycles. The van der Waals surface area contributed by atoms with Gasteiger partial charge in [0.2, 0.25) is 0 Å². The molecule has 0 bridgehead atoms. The minimum Gasteiger partial charge on any atom is -0.316 e. The van der Waals surface area contributed by atoms with Crippen molar-refractivity contribution >= 4 is 11.6 Å². The fraction of sp³-hybridized carbons (Fsp3) is 0.286. The maximum absolute atomic E-state index is 6.12. The fourth-order valence-corrected chi connectivity index (χ4v) is 2.08. The second-order valence-corrected chi connectivity index (χ2v) is 4.59. The van der Waals surface area contributed by atoms with Crippen LogP contribution in [-0.2, 0) is 12.8 Å². The van der Waals surface area contributed by atoms with E-state index in [0.717, 1.165) is 29.1 Å². The molecule has 94 valence electrons. The number of hydrogen-bond donors (Lipinski definition) is 1. The summed E-state index contributed by atoms with van der Waals surface area (Å²) in [4.78, 5) is 8.34. The lowest BCUT2D eigenvalue weighted by Gasteiger charge is -2.16. The van der Waals surface area contributed by atoms with Crippen molar-refractivity contribution in [3.63, 3.8) is 0 Å². The first-order valence-electron chi connectivity index (χ1n) is 5.95. The maximum Gasteiger partial charge on any atom is 0.0621 e. The molecule has 2 rings (SSSR count). The lowest BCUT2D eigenvalue weighted by atomic mass is 10.0. The molecule has 0 aliphatic heterocycles. The first kappa shape index (κ1) is 13.0. The Hall–Kier alpha value is -1.45. The van der Waals surface area contributed by atoms with Crippen molar-refractivity contribution in [3.8, 4) is 0 Å². The number of likely N-dealkylation sites (N-methyl/N-ethyl adjacent to an activating group) is 1. The van der Waals surface area contributed by atoms with Crippen LogP contribution in [0.5, 0.6) is 0 Å². The molecule has 18 heavy (non-hydrogen) atoms. The molecule has 0 saturated carbocycles. The summed E-state index contributed by atoms with van der Waals surface area (Å²) in [7, 11) is 1.96. The lowest BCUT2D eigenvalue weighted by molar-refractivity contribution is 0.550. The topological polar surface area (TPSA) is 37.8 Å². The molecule has 0 aliphatic carbocycles. The molecule has 0 aliphatic rings. The summed E-state index contributed by atoms with van der Waals surface area (Å²) in [6.07, 6.45) is 7.03. The van der Waals surface area contributed by atoms with Gasteiger partial charge in [0.05, 0.1) is 5.02 Å². The van der Waals surface area contributed by atoms with Gasteiger partial charge in [-0.15, -0.1) is 0 Å². The van der Waals surface area contributed by atoms with Gasteiger partial charge in [-0.2, -0.15) is 0 Å². The van der Waals surface area contributed by atoms with Gasteiger partial charge < -0.3 is 5.32 Å². The van der Waals surface area contributed by atoms with Crippen LogP contribution in [0.15, 0.2) is 42.9 Å². The number of nitrogens with one attached hydrogen (secondary N) is 1. The van der Waals surface area contributed by atoms with Gasteiger partial charge in [0, 0.05) is 36.7 Å². The van der Waals surface area contributed by atoms with Crippen LogP contribution in [0, 0.1) is 0 Å². The summed E-state index contributed by atoms with van der Waals surface area (Å²) in [6.45, 7) is 0. The first-order chi connectivity index (χ1) is 8.79. The molecular formula is C14H16ClN3. The number of aromatic nitrogens is 2. The zero-order chi connectivity index (χ0) is 12.8. The van der Waals surface area contributed by atoms with E-state index >= 15 is 0 Å². The lowest BCUT2D eigenvalue weighted by Crippen LogP contribution is -2.30. The zero-order valence-corrected chi connectivity index (χ0v) is 11.1. The molecule has 0 radical (unpaired) electrons. The molecule has 0 spiro atoms. The first-order valence-corrected chi connectivity index (χ1v) is 6.33. The van der Waals surface area contributed by atoms with E-state index in [1.54, 1.807) is 12.4 Å². The second kappa shape index (κ2) is 6.47. The van der Waals surface area contributed by atoms with E-state index in [0.29, 0.717) is 6.04 Å². The summed E-state index contributed by atoms with van der Waals surface area (Å²) < 4.78 is 0. The Morgan fingerprint density at radius 3 is 2.78 bits per heavy atom. The average Bonchev–Trinajstić information content (AvgIpc) is 2.41. The molecule has 2 heterocycles. The highest BCUT2D eigenvalue weighted by atomic mass is 35.5. The summed E-state index contributed by atoms with van der Waals surface area (Å²) in [5.41, 5.74) is 2.20. The Morgan fingerprint density at radius 2 is 2.11 bits per heavy atom. The number of halogens is 1. The van der Waals surface area contributed by atoms with Crippen molar-refractivity contribution in [3.05, 3.63) is 59.1 Å². The van der Waals surface area contributed by atoms with Gasteiger partial charge >= 0.3 is 0 Å². The average molecular weight is 262 g/mol. The molecular weight excluding hydrogens is 246 g/mol. The molecule has 0 fully saturated rings. The van der Waals surface area contributed by atoms with Gasteiger partial charge in [0.1, 0.15) is 0 Å². The van der Waals surface area contributed by atoms with Gasteiger partial charge in [-0.25, -0.2) is 0 Å². The van der Waals surface area contributed by atoms with Crippen LogP contribution in [0.1, 0.15) is 11.3 Å². The van der Waals surface area contributed by atoms with Crippen LogP contribution in [0.4, 0.5) is 0 Å². The molecule has 2 aromatic rings. The molecule has 1 atom stereocenters. The normalized spacial score (nSPS) is 12.3. The Balaban J connectivity index is 2.04. The smallest absolute Gasteiger partial charge is 0.0621 e. The second-order valence-electron chi connectivity index (χ2n) is 4.18. The highest BCUT2D eigenvalue weighted by molar-refractivity contribution is 6.31. The van der Waals surface area contributed by atoms with Gasteiger partial charge in [-0.05, 0) is 37.2 Å². The number of rotatable bonds is 5. The highest BCUT2D eigenvalue weighted by Gasteiger charge is 2.11. The van der Waals surface area contributed by atoms with Crippen LogP contribution in [0.3, 0.4) is 0 Å². The van der Waals surface area contributed by atoms with Gasteiger partial charge in [0.15, 0.2) is 0 Å². The van der Waals surface area contributed by atoms with Crippen molar-refractivity contribution in [2.24, 2.45) is 0 Å². The Morgan fingerprint density at radius 1 is 1.22 bits per heavy atom. The Labute approximate surface area is 112 Å². The zero-order valence-electron chi connectivity index (χ0n) is 10.3. The molecule has 3 nitrogen and oxygen atoms in total. The highest BCUT2D eigenvalue weighted by Crippen LogP contribution is 2.16. The van der Waals surface area contributed by atoms with Crippen molar-refractivity contribution in [2.45, 2.75) is 18.9 Å². The van der Waals surface area contributed by atoms with Crippen LogP contribution >= 0.6 is 11.6 Å². The molecule has 2 aromatic heterocycles. The van der Waals surface area contributed by atoms with Crippen molar-refractivity contribution in [1.29, 1.82) is 0 Å². The fourth-order valence-electron chi connectivity index (χ4n) is 1.88. The third-order valence-electron chi connectivity index (χ3n) is 2.91. The summed E-state index contributed by atoms with van der Waals surface area (Å²) in [5, 5.41) is 4.03. The van der Waals surface area contributed by atoms with E-state index in [1.807, 2.05) is 37.5 Å². The largest absolute Gasteiger partial charge is 0.316 e. The maximum atomic E-state index is 6.12. The van der Waals surface area contributed by atoms with Crippen LogP contribution in [-0.4, -0.2) is 23.1 Å². The summed E-state index contributed by atoms with van der Waals surface area (Å²) in [6, 6.07) is 8.26. The standard InChI is InChI=1S/C14H16ClN3/c1-16-13(9-12-4-2-3-6-18-12)8-11-5-7-17-10-14(11)15/h2-7,10,13,16H,8-9H2,1H3. The van der Waals surface area contributed by atoms with E-state index in [-0.39, 0.29) is 0 Å². The minimum absolute atomic E-state index is 0.319. The predicted molar refractivity (Wildman–Crippen MR) is 73.7 cm³/mol. The Bertz CT molecular complexity index is 487. The van der Waals surface area contributed by atoms with Crippen molar-refractivity contribution in [2.75, 3.05) is 7.05 Å². The third-order valence-corrected chi connectivity index (χ3v) is 3.25. The van der Waals surface area contributed by atoms with Crippen molar-refractivity contribution in [1.82, 2.24) is 15.3 Å². The molecule has 0 amide bonds. The predicted octanol–water partition coefficient (Wildman–Crippen LogP) is 2.50. The quantitative estimate of drug-likeness (QED) is 0.899. The van der Waals surface area contributed by atoms with E-state index in [1.165, 1.54) is 0 Å². The van der Waals surface area contributed by atoms with Crippen LogP contribution < -0.4 is 5.32 Å². The van der Waals surface area contributed by atoms with Gasteiger partial charge in [-0.1, -0.05) is 17.7 Å². The monoisotopic (exact) mass is 261 g/mol. The molecule has 0 aromatic carbocycles. The third kappa shape index (κ3) is 3.52. The number of hydrogen-bond acceptors (Lipinski definition) is 3.